The first kappa shape index (κ1) is 13.4. The van der Waals surface area contributed by atoms with Crippen molar-refractivity contribution in [2.24, 2.45) is 0 Å². The van der Waals surface area contributed by atoms with E-state index in [0.717, 1.165) is 25.2 Å². The van der Waals surface area contributed by atoms with Crippen LogP contribution in [0.4, 0.5) is 5.69 Å². The molecule has 0 saturated carbocycles. The van der Waals surface area contributed by atoms with E-state index in [4.69, 9.17) is 0 Å². The van der Waals surface area contributed by atoms with Gasteiger partial charge < -0.3 is 10.2 Å². The van der Waals surface area contributed by atoms with Gasteiger partial charge in [0.25, 0.3) is 0 Å². The Labute approximate surface area is 109 Å². The Morgan fingerprint density at radius 1 is 1.33 bits per heavy atom. The molecular weight excluding hydrogens is 248 g/mol. The van der Waals surface area contributed by atoms with E-state index in [1.165, 1.54) is 0 Å². The van der Waals surface area contributed by atoms with E-state index < -0.39 is 9.84 Å². The number of nitrogens with one attached hydrogen (secondary N) is 1. The molecule has 18 heavy (non-hydrogen) atoms. The average Bonchev–Trinajstić information content (AvgIpc) is 2.71. The average molecular weight is 268 g/mol. The maximum Gasteiger partial charge on any atom is 0.151 e. The summed E-state index contributed by atoms with van der Waals surface area (Å²) in [6.45, 7) is 1.69. The van der Waals surface area contributed by atoms with Crippen LogP contribution in [0.1, 0.15) is 6.42 Å². The van der Waals surface area contributed by atoms with E-state index in [0.29, 0.717) is 11.5 Å². The zero-order chi connectivity index (χ0) is 13.0. The fourth-order valence-electron chi connectivity index (χ4n) is 2.24. The Hall–Kier alpha value is -1.07. The fourth-order valence-corrected chi connectivity index (χ4v) is 4.04. The molecule has 1 atom stereocenters. The number of benzene rings is 1. The van der Waals surface area contributed by atoms with Crippen molar-refractivity contribution in [2.75, 3.05) is 37.0 Å². The highest BCUT2D eigenvalue weighted by Crippen LogP contribution is 2.16. The monoisotopic (exact) mass is 268 g/mol. The molecule has 100 valence electrons. The van der Waals surface area contributed by atoms with Crippen LogP contribution in [0.15, 0.2) is 30.3 Å². The number of likely N-dealkylation sites (N-methyl/N-ethyl adjacent to an activating group) is 1. The lowest BCUT2D eigenvalue weighted by Gasteiger charge is -2.23. The molecule has 2 rings (SSSR count). The normalized spacial score (nSPS) is 22.2. The maximum atomic E-state index is 11.4. The molecule has 1 aromatic carbocycles. The lowest BCUT2D eigenvalue weighted by Crippen LogP contribution is -2.36. The highest BCUT2D eigenvalue weighted by Gasteiger charge is 2.30. The van der Waals surface area contributed by atoms with Gasteiger partial charge in [0.2, 0.25) is 0 Å². The van der Waals surface area contributed by atoms with Gasteiger partial charge in [-0.15, -0.1) is 0 Å². The van der Waals surface area contributed by atoms with Crippen LogP contribution in [0.25, 0.3) is 0 Å². The van der Waals surface area contributed by atoms with Crippen LogP contribution in [0.2, 0.25) is 0 Å². The first-order valence-corrected chi connectivity index (χ1v) is 8.08. The van der Waals surface area contributed by atoms with Gasteiger partial charge >= 0.3 is 0 Å². The predicted octanol–water partition coefficient (Wildman–Crippen LogP) is 1.22. The third-order valence-corrected chi connectivity index (χ3v) is 5.15. The second kappa shape index (κ2) is 5.71. The number of hydrogen-bond donors (Lipinski definition) is 1. The van der Waals surface area contributed by atoms with Crippen molar-refractivity contribution in [3.63, 3.8) is 0 Å². The minimum atomic E-state index is -2.78. The summed E-state index contributed by atoms with van der Waals surface area (Å²) in [6, 6.07) is 10.2. The van der Waals surface area contributed by atoms with Crippen LogP contribution in [0.3, 0.4) is 0 Å². The molecule has 1 aromatic rings. The van der Waals surface area contributed by atoms with Gasteiger partial charge in [0.05, 0.1) is 11.5 Å². The summed E-state index contributed by atoms with van der Waals surface area (Å²) in [5.74, 6) is 0.656. The first-order chi connectivity index (χ1) is 8.57. The Morgan fingerprint density at radius 3 is 2.67 bits per heavy atom. The predicted molar refractivity (Wildman–Crippen MR) is 74.6 cm³/mol. The lowest BCUT2D eigenvalue weighted by molar-refractivity contribution is 0.272. The molecule has 1 heterocycles. The summed E-state index contributed by atoms with van der Waals surface area (Å²) < 4.78 is 22.8. The quantitative estimate of drug-likeness (QED) is 0.872. The van der Waals surface area contributed by atoms with Gasteiger partial charge in [-0.25, -0.2) is 8.42 Å². The SMILES string of the molecule is CN(CCNc1ccccc1)C1CCS(=O)(=O)C1. The van der Waals surface area contributed by atoms with Crippen molar-refractivity contribution < 1.29 is 8.42 Å². The van der Waals surface area contributed by atoms with Gasteiger partial charge in [-0.2, -0.15) is 0 Å². The number of sulfone groups is 1. The lowest BCUT2D eigenvalue weighted by atomic mass is 10.2. The van der Waals surface area contributed by atoms with Crippen molar-refractivity contribution in [3.05, 3.63) is 30.3 Å². The molecule has 1 fully saturated rings. The van der Waals surface area contributed by atoms with Gasteiger partial charge in [-0.05, 0) is 25.6 Å². The molecule has 1 N–H and O–H groups in total. The van der Waals surface area contributed by atoms with Gasteiger partial charge in [-0.3, -0.25) is 0 Å². The van der Waals surface area contributed by atoms with Crippen LogP contribution in [-0.2, 0) is 9.84 Å². The first-order valence-electron chi connectivity index (χ1n) is 6.26. The molecule has 1 aliphatic heterocycles. The molecule has 1 saturated heterocycles. The van der Waals surface area contributed by atoms with E-state index >= 15 is 0 Å². The van der Waals surface area contributed by atoms with E-state index in [-0.39, 0.29) is 6.04 Å². The van der Waals surface area contributed by atoms with Crippen LogP contribution in [0.5, 0.6) is 0 Å². The minimum absolute atomic E-state index is 0.188. The third-order valence-electron chi connectivity index (χ3n) is 3.40. The standard InChI is InChI=1S/C13H20N2O2S/c1-15(13-7-10-18(16,17)11-13)9-8-14-12-5-3-2-4-6-12/h2-6,13-14H,7-11H2,1H3. The molecular formula is C13H20N2O2S. The zero-order valence-corrected chi connectivity index (χ0v) is 11.5. The molecule has 0 bridgehead atoms. The van der Waals surface area contributed by atoms with Crippen molar-refractivity contribution >= 4 is 15.5 Å². The number of anilines is 1. The van der Waals surface area contributed by atoms with E-state index in [1.54, 1.807) is 0 Å². The molecule has 4 nitrogen and oxygen atoms in total. The molecule has 0 spiro atoms. The molecule has 0 aliphatic carbocycles. The third kappa shape index (κ3) is 3.71. The van der Waals surface area contributed by atoms with Crippen LogP contribution in [0, 0.1) is 0 Å². The Balaban J connectivity index is 1.74. The summed E-state index contributed by atoms with van der Waals surface area (Å²) in [5, 5.41) is 3.33. The van der Waals surface area contributed by atoms with Gasteiger partial charge in [0.1, 0.15) is 0 Å². The second-order valence-corrected chi connectivity index (χ2v) is 7.06. The Bertz CT molecular complexity index is 473. The molecule has 0 radical (unpaired) electrons. The molecule has 0 amide bonds. The van der Waals surface area contributed by atoms with Crippen molar-refractivity contribution in [1.82, 2.24) is 4.90 Å². The molecule has 5 heteroatoms. The summed E-state index contributed by atoms with van der Waals surface area (Å²) >= 11 is 0. The number of para-hydroxylation sites is 1. The van der Waals surface area contributed by atoms with Gasteiger partial charge in [-0.1, -0.05) is 18.2 Å². The van der Waals surface area contributed by atoms with Gasteiger partial charge in [0, 0.05) is 24.8 Å². The Kier molecular flexibility index (Phi) is 4.24. The second-order valence-electron chi connectivity index (χ2n) is 4.83. The molecule has 1 aliphatic rings. The maximum absolute atomic E-state index is 11.4. The van der Waals surface area contributed by atoms with Crippen molar-refractivity contribution in [3.8, 4) is 0 Å². The zero-order valence-electron chi connectivity index (χ0n) is 10.7. The number of nitrogens with zero attached hydrogens (tertiary/aromatic N) is 1. The van der Waals surface area contributed by atoms with Crippen molar-refractivity contribution in [1.29, 1.82) is 0 Å². The summed E-state index contributed by atoms with van der Waals surface area (Å²) in [5.41, 5.74) is 1.10. The van der Waals surface area contributed by atoms with Crippen molar-refractivity contribution in [2.45, 2.75) is 12.5 Å². The van der Waals surface area contributed by atoms with Crippen LogP contribution >= 0.6 is 0 Å². The fraction of sp³-hybridized carbons (Fsp3) is 0.538. The summed E-state index contributed by atoms with van der Waals surface area (Å²) in [7, 11) is -0.782. The smallest absolute Gasteiger partial charge is 0.151 e. The van der Waals surface area contributed by atoms with E-state index in [1.807, 2.05) is 37.4 Å². The summed E-state index contributed by atoms with van der Waals surface area (Å²) in [4.78, 5) is 2.14. The largest absolute Gasteiger partial charge is 0.384 e. The highest BCUT2D eigenvalue weighted by molar-refractivity contribution is 7.91. The highest BCUT2D eigenvalue weighted by atomic mass is 32.2. The minimum Gasteiger partial charge on any atom is -0.384 e. The number of rotatable bonds is 5. The van der Waals surface area contributed by atoms with E-state index in [9.17, 15) is 8.42 Å². The van der Waals surface area contributed by atoms with E-state index in [2.05, 4.69) is 10.2 Å². The molecule has 1 unspecified atom stereocenters. The van der Waals surface area contributed by atoms with Gasteiger partial charge in [0.15, 0.2) is 9.84 Å². The topological polar surface area (TPSA) is 49.4 Å². The number of hydrogen-bond acceptors (Lipinski definition) is 4. The van der Waals surface area contributed by atoms with Crippen LogP contribution in [-0.4, -0.2) is 51.0 Å². The Morgan fingerprint density at radius 2 is 2.06 bits per heavy atom. The molecule has 0 aromatic heterocycles. The summed E-state index contributed by atoms with van der Waals surface area (Å²) in [6.07, 6.45) is 0.768. The van der Waals surface area contributed by atoms with Crippen LogP contribution < -0.4 is 5.32 Å².